The minimum absolute atomic E-state index is 0.214. The Labute approximate surface area is 137 Å². The van der Waals surface area contributed by atoms with Gasteiger partial charge in [0.15, 0.2) is 9.84 Å². The van der Waals surface area contributed by atoms with E-state index >= 15 is 0 Å². The number of nitrogen functional groups attached to an aromatic ring is 1. The Balaban J connectivity index is 2.55. The topological polar surface area (TPSA) is 89.2 Å². The second-order valence-electron chi connectivity index (χ2n) is 5.33. The number of aryl methyl sites for hydroxylation is 1. The highest BCUT2D eigenvalue weighted by Crippen LogP contribution is 2.30. The molecule has 0 fully saturated rings. The standard InChI is InChI=1S/C16H22N4O2S/c1-4-6-12-11-13(23(3,21)22)7-8-14(12)20(5-2)15-9-10-18-16(17)19-15/h7-11H,4-6H2,1-3H3,(H2,17,18,19). The van der Waals surface area contributed by atoms with Gasteiger partial charge >= 0.3 is 0 Å². The first-order valence-electron chi connectivity index (χ1n) is 7.55. The van der Waals surface area contributed by atoms with E-state index in [1.807, 2.05) is 17.9 Å². The van der Waals surface area contributed by atoms with Gasteiger partial charge in [0, 0.05) is 24.7 Å². The number of benzene rings is 1. The normalized spacial score (nSPS) is 11.4. The molecular formula is C16H22N4O2S. The molecule has 1 aromatic carbocycles. The quantitative estimate of drug-likeness (QED) is 0.873. The number of nitrogens with zero attached hydrogens (tertiary/aromatic N) is 3. The van der Waals surface area contributed by atoms with Crippen molar-refractivity contribution < 1.29 is 8.42 Å². The lowest BCUT2D eigenvalue weighted by molar-refractivity contribution is 0.601. The van der Waals surface area contributed by atoms with E-state index in [9.17, 15) is 8.42 Å². The number of hydrogen-bond acceptors (Lipinski definition) is 6. The highest BCUT2D eigenvalue weighted by molar-refractivity contribution is 7.90. The minimum Gasteiger partial charge on any atom is -0.368 e. The van der Waals surface area contributed by atoms with Gasteiger partial charge in [-0.15, -0.1) is 0 Å². The van der Waals surface area contributed by atoms with Crippen LogP contribution in [0.4, 0.5) is 17.5 Å². The number of anilines is 3. The Kier molecular flexibility index (Phi) is 5.20. The summed E-state index contributed by atoms with van der Waals surface area (Å²) in [6.07, 6.45) is 4.55. The molecule has 0 saturated carbocycles. The minimum atomic E-state index is -3.23. The van der Waals surface area contributed by atoms with Crippen molar-refractivity contribution in [2.45, 2.75) is 31.6 Å². The number of hydrogen-bond donors (Lipinski definition) is 1. The molecule has 0 aliphatic rings. The van der Waals surface area contributed by atoms with E-state index in [4.69, 9.17) is 5.73 Å². The molecule has 0 aliphatic carbocycles. The third-order valence-electron chi connectivity index (χ3n) is 3.54. The molecule has 1 aromatic heterocycles. The van der Waals surface area contributed by atoms with E-state index in [1.165, 1.54) is 6.26 Å². The zero-order valence-electron chi connectivity index (χ0n) is 13.7. The van der Waals surface area contributed by atoms with Crippen LogP contribution in [0.1, 0.15) is 25.8 Å². The first-order valence-corrected chi connectivity index (χ1v) is 9.45. The lowest BCUT2D eigenvalue weighted by Gasteiger charge is -2.25. The van der Waals surface area contributed by atoms with E-state index in [2.05, 4.69) is 16.9 Å². The van der Waals surface area contributed by atoms with Crippen molar-refractivity contribution in [2.75, 3.05) is 23.4 Å². The highest BCUT2D eigenvalue weighted by Gasteiger charge is 2.16. The van der Waals surface area contributed by atoms with Crippen LogP contribution in [0.5, 0.6) is 0 Å². The predicted molar refractivity (Wildman–Crippen MR) is 92.7 cm³/mol. The zero-order chi connectivity index (χ0) is 17.0. The molecular weight excluding hydrogens is 312 g/mol. The van der Waals surface area contributed by atoms with Gasteiger partial charge in [0.05, 0.1) is 4.90 Å². The Morgan fingerprint density at radius 1 is 1.22 bits per heavy atom. The first-order chi connectivity index (χ1) is 10.9. The van der Waals surface area contributed by atoms with Crippen LogP contribution in [0.15, 0.2) is 35.4 Å². The van der Waals surface area contributed by atoms with Gasteiger partial charge in [-0.25, -0.2) is 13.4 Å². The summed E-state index contributed by atoms with van der Waals surface area (Å²) < 4.78 is 23.6. The Bertz CT molecular complexity index is 790. The molecule has 1 heterocycles. The van der Waals surface area contributed by atoms with Crippen LogP contribution in [0, 0.1) is 0 Å². The number of nitrogens with two attached hydrogens (primary N) is 1. The molecule has 23 heavy (non-hydrogen) atoms. The maximum atomic E-state index is 11.8. The fraction of sp³-hybridized carbons (Fsp3) is 0.375. The third kappa shape index (κ3) is 3.98. The number of rotatable bonds is 6. The van der Waals surface area contributed by atoms with Gasteiger partial charge in [-0.3, -0.25) is 0 Å². The molecule has 2 N–H and O–H groups in total. The van der Waals surface area contributed by atoms with Crippen LogP contribution in [0.2, 0.25) is 0 Å². The molecule has 0 aliphatic heterocycles. The predicted octanol–water partition coefficient (Wildman–Crippen LogP) is 2.57. The fourth-order valence-electron chi connectivity index (χ4n) is 2.50. The molecule has 7 heteroatoms. The first kappa shape index (κ1) is 17.2. The van der Waals surface area contributed by atoms with E-state index in [-0.39, 0.29) is 5.95 Å². The Morgan fingerprint density at radius 2 is 1.96 bits per heavy atom. The largest absolute Gasteiger partial charge is 0.368 e. The second kappa shape index (κ2) is 6.95. The lowest BCUT2D eigenvalue weighted by atomic mass is 10.1. The van der Waals surface area contributed by atoms with E-state index < -0.39 is 9.84 Å². The molecule has 0 saturated heterocycles. The Hall–Kier alpha value is -2.15. The summed E-state index contributed by atoms with van der Waals surface area (Å²) in [6, 6.07) is 7.02. The third-order valence-corrected chi connectivity index (χ3v) is 4.65. The van der Waals surface area contributed by atoms with E-state index in [0.717, 1.165) is 24.1 Å². The van der Waals surface area contributed by atoms with Crippen LogP contribution in [-0.2, 0) is 16.3 Å². The zero-order valence-corrected chi connectivity index (χ0v) is 14.5. The van der Waals surface area contributed by atoms with Gasteiger partial charge in [-0.2, -0.15) is 4.98 Å². The molecule has 0 amide bonds. The van der Waals surface area contributed by atoms with Crippen molar-refractivity contribution in [2.24, 2.45) is 0 Å². The van der Waals surface area contributed by atoms with Crippen LogP contribution >= 0.6 is 0 Å². The van der Waals surface area contributed by atoms with Crippen LogP contribution < -0.4 is 10.6 Å². The van der Waals surface area contributed by atoms with Crippen molar-refractivity contribution in [1.29, 1.82) is 0 Å². The second-order valence-corrected chi connectivity index (χ2v) is 7.35. The lowest BCUT2D eigenvalue weighted by Crippen LogP contribution is -2.20. The van der Waals surface area contributed by atoms with Gasteiger partial charge in [0.1, 0.15) is 5.82 Å². The highest BCUT2D eigenvalue weighted by atomic mass is 32.2. The van der Waals surface area contributed by atoms with Crippen molar-refractivity contribution in [3.63, 3.8) is 0 Å². The molecule has 0 bridgehead atoms. The number of aromatic nitrogens is 2. The molecule has 2 rings (SSSR count). The average molecular weight is 334 g/mol. The summed E-state index contributed by atoms with van der Waals surface area (Å²) in [4.78, 5) is 10.5. The Morgan fingerprint density at radius 3 is 2.52 bits per heavy atom. The smallest absolute Gasteiger partial charge is 0.221 e. The number of sulfone groups is 1. The van der Waals surface area contributed by atoms with Crippen molar-refractivity contribution in [3.05, 3.63) is 36.0 Å². The van der Waals surface area contributed by atoms with Crippen molar-refractivity contribution in [1.82, 2.24) is 9.97 Å². The molecule has 0 atom stereocenters. The summed E-state index contributed by atoms with van der Waals surface area (Å²) in [5.41, 5.74) is 7.60. The molecule has 0 radical (unpaired) electrons. The van der Waals surface area contributed by atoms with Crippen molar-refractivity contribution >= 4 is 27.3 Å². The molecule has 0 spiro atoms. The van der Waals surface area contributed by atoms with E-state index in [0.29, 0.717) is 17.3 Å². The van der Waals surface area contributed by atoms with Crippen LogP contribution in [-0.4, -0.2) is 31.2 Å². The molecule has 0 unspecified atom stereocenters. The van der Waals surface area contributed by atoms with Crippen LogP contribution in [0.25, 0.3) is 0 Å². The van der Waals surface area contributed by atoms with Crippen LogP contribution in [0.3, 0.4) is 0 Å². The van der Waals surface area contributed by atoms with E-state index in [1.54, 1.807) is 24.4 Å². The SMILES string of the molecule is CCCc1cc(S(C)(=O)=O)ccc1N(CC)c1ccnc(N)n1. The van der Waals surface area contributed by atoms with Gasteiger partial charge in [0.2, 0.25) is 5.95 Å². The van der Waals surface area contributed by atoms with Gasteiger partial charge in [0.25, 0.3) is 0 Å². The van der Waals surface area contributed by atoms with Gasteiger partial charge in [-0.1, -0.05) is 13.3 Å². The maximum Gasteiger partial charge on any atom is 0.221 e. The summed E-state index contributed by atoms with van der Waals surface area (Å²) in [7, 11) is -3.23. The summed E-state index contributed by atoms with van der Waals surface area (Å²) in [5.74, 6) is 0.912. The molecule has 2 aromatic rings. The monoisotopic (exact) mass is 334 g/mol. The van der Waals surface area contributed by atoms with Gasteiger partial charge < -0.3 is 10.6 Å². The summed E-state index contributed by atoms with van der Waals surface area (Å²) in [5, 5.41) is 0. The summed E-state index contributed by atoms with van der Waals surface area (Å²) in [6.45, 7) is 4.76. The van der Waals surface area contributed by atoms with Gasteiger partial charge in [-0.05, 0) is 43.2 Å². The average Bonchev–Trinajstić information content (AvgIpc) is 2.49. The maximum absolute atomic E-state index is 11.8. The summed E-state index contributed by atoms with van der Waals surface area (Å²) >= 11 is 0. The van der Waals surface area contributed by atoms with Crippen molar-refractivity contribution in [3.8, 4) is 0 Å². The fourth-order valence-corrected chi connectivity index (χ4v) is 3.17. The molecule has 124 valence electrons. The molecule has 6 nitrogen and oxygen atoms in total.